The van der Waals surface area contributed by atoms with Gasteiger partial charge in [0.2, 0.25) is 0 Å². The minimum atomic E-state index is -4.61. The molecule has 0 spiro atoms. The minimum Gasteiger partial charge on any atom is -0.494 e. The molecule has 12 heteroatoms. The number of benzene rings is 1. The Kier molecular flexibility index (Phi) is 6.53. The molecule has 180 valence electrons. The number of aryl methyl sites for hydroxylation is 1. The molecule has 6 nitrogen and oxygen atoms in total. The minimum absolute atomic E-state index is 0.00353. The van der Waals surface area contributed by atoms with Crippen LogP contribution in [0.5, 0.6) is 5.75 Å². The molecule has 0 N–H and O–H groups in total. The fourth-order valence-electron chi connectivity index (χ4n) is 4.13. The molecule has 2 aromatic rings. The molecule has 0 saturated carbocycles. The molecule has 3 heterocycles. The van der Waals surface area contributed by atoms with Crippen LogP contribution in [0.15, 0.2) is 29.4 Å². The zero-order valence-electron chi connectivity index (χ0n) is 17.7. The van der Waals surface area contributed by atoms with Crippen LogP contribution in [0.25, 0.3) is 0 Å². The van der Waals surface area contributed by atoms with Crippen molar-refractivity contribution in [2.45, 2.75) is 56.8 Å². The standard InChI is InChI=1S/C21H23F6N5O/c22-20(23,24)10-1-13-33-16-4-2-14(3-5-16)15-8-11-31(12-9-15)18-7-6-17-28-29-19(21(25,26)27)32(17)30-18/h2-5,15H,1,6-13H2. The van der Waals surface area contributed by atoms with E-state index in [-0.39, 0.29) is 24.8 Å². The number of ether oxygens (including phenoxy) is 1. The van der Waals surface area contributed by atoms with E-state index >= 15 is 0 Å². The fourth-order valence-corrected chi connectivity index (χ4v) is 4.13. The topological polar surface area (TPSA) is 55.5 Å². The maximum absolute atomic E-state index is 13.1. The number of hydrogen-bond donors (Lipinski definition) is 0. The number of alkyl halides is 6. The maximum Gasteiger partial charge on any atom is 0.453 e. The summed E-state index contributed by atoms with van der Waals surface area (Å²) in [6, 6.07) is 7.34. The average Bonchev–Trinajstić information content (AvgIpc) is 3.21. The van der Waals surface area contributed by atoms with Crippen molar-refractivity contribution in [2.24, 2.45) is 5.10 Å². The van der Waals surface area contributed by atoms with Crippen LogP contribution in [0.1, 0.15) is 55.2 Å². The Hall–Kier alpha value is -2.79. The van der Waals surface area contributed by atoms with Crippen LogP contribution < -0.4 is 4.74 Å². The van der Waals surface area contributed by atoms with E-state index in [2.05, 4.69) is 15.3 Å². The molecule has 2 aliphatic rings. The molecule has 1 fully saturated rings. The van der Waals surface area contributed by atoms with Gasteiger partial charge < -0.3 is 9.64 Å². The average molecular weight is 475 g/mol. The van der Waals surface area contributed by atoms with Gasteiger partial charge in [-0.1, -0.05) is 12.1 Å². The Balaban J connectivity index is 1.31. The van der Waals surface area contributed by atoms with E-state index < -0.39 is 24.6 Å². The molecule has 33 heavy (non-hydrogen) atoms. The molecule has 1 aromatic carbocycles. The molecule has 0 bridgehead atoms. The van der Waals surface area contributed by atoms with Gasteiger partial charge in [0.1, 0.15) is 11.6 Å². The van der Waals surface area contributed by atoms with Gasteiger partial charge in [0.15, 0.2) is 5.82 Å². The van der Waals surface area contributed by atoms with E-state index in [9.17, 15) is 26.3 Å². The van der Waals surface area contributed by atoms with E-state index in [0.717, 1.165) is 23.1 Å². The summed E-state index contributed by atoms with van der Waals surface area (Å²) in [4.78, 5) is 2.01. The summed E-state index contributed by atoms with van der Waals surface area (Å²) in [5.41, 5.74) is 1.10. The van der Waals surface area contributed by atoms with Gasteiger partial charge in [-0.3, -0.25) is 0 Å². The predicted octanol–water partition coefficient (Wildman–Crippen LogP) is 5.01. The van der Waals surface area contributed by atoms with Gasteiger partial charge in [0, 0.05) is 32.4 Å². The van der Waals surface area contributed by atoms with Crippen molar-refractivity contribution in [2.75, 3.05) is 19.7 Å². The molecule has 2 aliphatic heterocycles. The molecule has 4 rings (SSSR count). The third kappa shape index (κ3) is 5.77. The van der Waals surface area contributed by atoms with Gasteiger partial charge in [-0.2, -0.15) is 36.1 Å². The van der Waals surface area contributed by atoms with Gasteiger partial charge in [0.25, 0.3) is 5.82 Å². The maximum atomic E-state index is 13.1. The van der Waals surface area contributed by atoms with Crippen molar-refractivity contribution in [1.29, 1.82) is 0 Å². The summed E-state index contributed by atoms with van der Waals surface area (Å²) in [6.07, 6.45) is -7.26. The Morgan fingerprint density at radius 2 is 1.64 bits per heavy atom. The van der Waals surface area contributed by atoms with E-state index in [4.69, 9.17) is 4.74 Å². The second-order valence-corrected chi connectivity index (χ2v) is 8.16. The highest BCUT2D eigenvalue weighted by Gasteiger charge is 2.40. The number of fused-ring (bicyclic) bond motifs is 1. The number of amidine groups is 1. The van der Waals surface area contributed by atoms with Crippen LogP contribution in [0.2, 0.25) is 0 Å². The van der Waals surface area contributed by atoms with Gasteiger partial charge in [-0.05, 0) is 42.9 Å². The van der Waals surface area contributed by atoms with Crippen molar-refractivity contribution in [3.63, 3.8) is 0 Å². The first-order valence-corrected chi connectivity index (χ1v) is 10.7. The molecule has 1 saturated heterocycles. The molecule has 0 aliphatic carbocycles. The number of piperidine rings is 1. The molecule has 0 amide bonds. The molecule has 0 radical (unpaired) electrons. The van der Waals surface area contributed by atoms with E-state index in [1.54, 1.807) is 12.1 Å². The smallest absolute Gasteiger partial charge is 0.453 e. The first-order valence-electron chi connectivity index (χ1n) is 10.7. The third-order valence-electron chi connectivity index (χ3n) is 5.83. The highest BCUT2D eigenvalue weighted by atomic mass is 19.4. The molecule has 0 atom stereocenters. The second-order valence-electron chi connectivity index (χ2n) is 8.16. The van der Waals surface area contributed by atoms with Crippen LogP contribution in [0, 0.1) is 0 Å². The first kappa shape index (κ1) is 23.4. The SMILES string of the molecule is FC(F)(F)CCCOc1ccc(C2CCN(C3=Nn4c(nnc4C(F)(F)F)CC3)CC2)cc1. The van der Waals surface area contributed by atoms with Gasteiger partial charge >= 0.3 is 12.4 Å². The van der Waals surface area contributed by atoms with E-state index in [1.807, 2.05) is 17.0 Å². The summed E-state index contributed by atoms with van der Waals surface area (Å²) < 4.78 is 82.1. The van der Waals surface area contributed by atoms with Crippen LogP contribution in [-0.4, -0.2) is 51.5 Å². The fraction of sp³-hybridized carbons (Fsp3) is 0.571. The summed E-state index contributed by atoms with van der Waals surface area (Å²) in [5, 5.41) is 11.0. The number of hydrogen-bond acceptors (Lipinski definition) is 5. The van der Waals surface area contributed by atoms with Crippen molar-refractivity contribution in [3.8, 4) is 5.75 Å². The Morgan fingerprint density at radius 1 is 0.939 bits per heavy atom. The third-order valence-corrected chi connectivity index (χ3v) is 5.83. The summed E-state index contributed by atoms with van der Waals surface area (Å²) in [7, 11) is 0. The first-order chi connectivity index (χ1) is 15.6. The number of likely N-dealkylation sites (tertiary alicyclic amines) is 1. The van der Waals surface area contributed by atoms with E-state index in [1.165, 1.54) is 0 Å². The Bertz CT molecular complexity index is 975. The molecule has 0 unspecified atom stereocenters. The second kappa shape index (κ2) is 9.22. The van der Waals surface area contributed by atoms with Crippen molar-refractivity contribution in [1.82, 2.24) is 19.8 Å². The Labute approximate surface area is 186 Å². The zero-order valence-corrected chi connectivity index (χ0v) is 17.7. The highest BCUT2D eigenvalue weighted by Crippen LogP contribution is 2.32. The molecular formula is C21H23F6N5O. The van der Waals surface area contributed by atoms with Gasteiger partial charge in [0.05, 0.1) is 6.61 Å². The summed E-state index contributed by atoms with van der Waals surface area (Å²) in [5.74, 6) is 0.516. The largest absolute Gasteiger partial charge is 0.494 e. The number of rotatable bonds is 5. The number of nitrogens with zero attached hydrogens (tertiary/aromatic N) is 5. The summed E-state index contributed by atoms with van der Waals surface area (Å²) >= 11 is 0. The zero-order chi connectivity index (χ0) is 23.6. The van der Waals surface area contributed by atoms with E-state index in [0.29, 0.717) is 37.5 Å². The quantitative estimate of drug-likeness (QED) is 0.451. The van der Waals surface area contributed by atoms with Crippen LogP contribution in [-0.2, 0) is 12.6 Å². The van der Waals surface area contributed by atoms with Gasteiger partial charge in [-0.15, -0.1) is 10.2 Å². The van der Waals surface area contributed by atoms with Crippen molar-refractivity contribution < 1.29 is 31.1 Å². The molecular weight excluding hydrogens is 452 g/mol. The van der Waals surface area contributed by atoms with Crippen molar-refractivity contribution >= 4 is 5.84 Å². The molecule has 1 aromatic heterocycles. The lowest BCUT2D eigenvalue weighted by Crippen LogP contribution is -2.40. The lowest BCUT2D eigenvalue weighted by Gasteiger charge is -2.35. The lowest BCUT2D eigenvalue weighted by molar-refractivity contribution is -0.147. The van der Waals surface area contributed by atoms with Crippen LogP contribution >= 0.6 is 0 Å². The highest BCUT2D eigenvalue weighted by molar-refractivity contribution is 5.83. The van der Waals surface area contributed by atoms with Crippen molar-refractivity contribution in [3.05, 3.63) is 41.5 Å². The Morgan fingerprint density at radius 3 is 2.27 bits per heavy atom. The monoisotopic (exact) mass is 475 g/mol. The summed E-state index contributed by atoms with van der Waals surface area (Å²) in [6.45, 7) is 1.33. The van der Waals surface area contributed by atoms with Crippen LogP contribution in [0.3, 0.4) is 0 Å². The lowest BCUT2D eigenvalue weighted by atomic mass is 9.89. The van der Waals surface area contributed by atoms with Crippen LogP contribution in [0.4, 0.5) is 26.3 Å². The number of aromatic nitrogens is 3. The normalized spacial score (nSPS) is 17.6. The number of halogens is 6. The predicted molar refractivity (Wildman–Crippen MR) is 107 cm³/mol. The van der Waals surface area contributed by atoms with Gasteiger partial charge in [-0.25, -0.2) is 0 Å².